The van der Waals surface area contributed by atoms with E-state index in [0.29, 0.717) is 34.4 Å². The second-order valence-electron chi connectivity index (χ2n) is 10.3. The lowest BCUT2D eigenvalue weighted by Crippen LogP contribution is -2.61. The molecule has 0 saturated heterocycles. The lowest BCUT2D eigenvalue weighted by Gasteiger charge is -2.65. The van der Waals surface area contributed by atoms with E-state index in [0.717, 1.165) is 24.2 Å². The minimum Gasteiger partial charge on any atom is -0.395 e. The van der Waals surface area contributed by atoms with E-state index >= 15 is 0 Å². The van der Waals surface area contributed by atoms with Crippen molar-refractivity contribution in [3.8, 4) is 0 Å². The first-order chi connectivity index (χ1) is 10.3. The number of rotatable bonds is 1. The minimum absolute atomic E-state index is 0.0512. The molecule has 0 aromatic heterocycles. The third kappa shape index (κ3) is 1.26. The van der Waals surface area contributed by atoms with Crippen LogP contribution in [0.1, 0.15) is 65.7 Å². The molecular formula is C20H30O2. The van der Waals surface area contributed by atoms with Crippen molar-refractivity contribution in [1.29, 1.82) is 0 Å². The van der Waals surface area contributed by atoms with Crippen LogP contribution in [0, 0.1) is 45.3 Å². The number of Topliss-reactive ketones (excluding diaryl/α,β-unsaturated/α-hetero) is 1. The maximum absolute atomic E-state index is 12.6. The summed E-state index contributed by atoms with van der Waals surface area (Å²) in [7, 11) is 0. The predicted octanol–water partition coefficient (Wildman–Crippen LogP) is 3.82. The van der Waals surface area contributed by atoms with Gasteiger partial charge in [-0.1, -0.05) is 20.8 Å². The largest absolute Gasteiger partial charge is 0.395 e. The molecule has 2 nitrogen and oxygen atoms in total. The van der Waals surface area contributed by atoms with Crippen molar-refractivity contribution in [2.24, 2.45) is 45.3 Å². The zero-order valence-corrected chi connectivity index (χ0v) is 14.3. The van der Waals surface area contributed by atoms with Crippen LogP contribution < -0.4 is 0 Å². The van der Waals surface area contributed by atoms with E-state index in [1.807, 2.05) is 0 Å². The molecule has 6 saturated carbocycles. The molecule has 1 spiro atoms. The van der Waals surface area contributed by atoms with Gasteiger partial charge in [-0.15, -0.1) is 0 Å². The van der Waals surface area contributed by atoms with Crippen LogP contribution in [0.15, 0.2) is 0 Å². The summed E-state index contributed by atoms with van der Waals surface area (Å²) >= 11 is 0. The fourth-order valence-corrected chi connectivity index (χ4v) is 8.67. The molecule has 6 aliphatic carbocycles. The summed E-state index contributed by atoms with van der Waals surface area (Å²) in [6.07, 6.45) is 8.62. The Hall–Kier alpha value is -0.370. The molecule has 8 atom stereocenters. The molecule has 6 fully saturated rings. The standard InChI is InChI=1S/C20H30O2/c1-17-6-5-16(22)19(3,11-21)14(17)4-7-20-9-13-12(8-15(17)20)18(13,2)10-20/h12-15,21H,4-11H2,1-3H3. The van der Waals surface area contributed by atoms with Crippen LogP contribution in [0.2, 0.25) is 0 Å². The van der Waals surface area contributed by atoms with Crippen molar-refractivity contribution in [3.63, 3.8) is 0 Å². The molecule has 0 aromatic carbocycles. The highest BCUT2D eigenvalue weighted by atomic mass is 16.3. The van der Waals surface area contributed by atoms with Gasteiger partial charge in [-0.2, -0.15) is 0 Å². The number of hydrogen-bond donors (Lipinski definition) is 1. The number of hydrogen-bond acceptors (Lipinski definition) is 2. The lowest BCUT2D eigenvalue weighted by molar-refractivity contribution is -0.180. The van der Waals surface area contributed by atoms with Gasteiger partial charge in [-0.05, 0) is 78.4 Å². The average molecular weight is 302 g/mol. The summed E-state index contributed by atoms with van der Waals surface area (Å²) in [6, 6.07) is 0. The fourth-order valence-electron chi connectivity index (χ4n) is 8.67. The van der Waals surface area contributed by atoms with Gasteiger partial charge in [0, 0.05) is 6.42 Å². The van der Waals surface area contributed by atoms with E-state index in [4.69, 9.17) is 0 Å². The molecule has 0 heterocycles. The minimum atomic E-state index is -0.470. The summed E-state index contributed by atoms with van der Waals surface area (Å²) < 4.78 is 0. The van der Waals surface area contributed by atoms with Gasteiger partial charge in [-0.25, -0.2) is 0 Å². The zero-order valence-electron chi connectivity index (χ0n) is 14.3. The molecular weight excluding hydrogens is 272 g/mol. The van der Waals surface area contributed by atoms with Gasteiger partial charge in [0.05, 0.1) is 12.0 Å². The monoisotopic (exact) mass is 302 g/mol. The van der Waals surface area contributed by atoms with Crippen molar-refractivity contribution < 1.29 is 9.90 Å². The van der Waals surface area contributed by atoms with E-state index in [-0.39, 0.29) is 6.61 Å². The number of carbonyl (C=O) groups is 1. The first-order valence-electron chi connectivity index (χ1n) is 9.44. The highest BCUT2D eigenvalue weighted by Gasteiger charge is 2.78. The maximum Gasteiger partial charge on any atom is 0.141 e. The van der Waals surface area contributed by atoms with Crippen LogP contribution >= 0.6 is 0 Å². The van der Waals surface area contributed by atoms with Gasteiger partial charge >= 0.3 is 0 Å². The molecule has 122 valence electrons. The lowest BCUT2D eigenvalue weighted by atomic mass is 9.39. The quantitative estimate of drug-likeness (QED) is 0.799. The summed E-state index contributed by atoms with van der Waals surface area (Å²) in [6.45, 7) is 7.14. The SMILES string of the molecule is CC1(CO)C(=O)CCC2(C)C3CC4C5CC3(CCC12)CC45C. The molecule has 0 amide bonds. The van der Waals surface area contributed by atoms with Gasteiger partial charge in [-0.3, -0.25) is 4.79 Å². The number of ketones is 1. The second kappa shape index (κ2) is 3.66. The Balaban J connectivity index is 1.56. The molecule has 2 heteroatoms. The molecule has 6 rings (SSSR count). The molecule has 6 aliphatic rings. The molecule has 0 aromatic rings. The van der Waals surface area contributed by atoms with E-state index in [1.54, 1.807) is 0 Å². The Morgan fingerprint density at radius 3 is 2.50 bits per heavy atom. The Labute approximate surface area is 134 Å². The van der Waals surface area contributed by atoms with Gasteiger partial charge in [0.25, 0.3) is 0 Å². The first kappa shape index (κ1) is 14.0. The van der Waals surface area contributed by atoms with Gasteiger partial charge in [0.2, 0.25) is 0 Å². The first-order valence-corrected chi connectivity index (χ1v) is 9.44. The van der Waals surface area contributed by atoms with Crippen LogP contribution in [-0.4, -0.2) is 17.5 Å². The van der Waals surface area contributed by atoms with Gasteiger partial charge < -0.3 is 5.11 Å². The predicted molar refractivity (Wildman–Crippen MR) is 85.1 cm³/mol. The Kier molecular flexibility index (Phi) is 2.33. The molecule has 1 N–H and O–H groups in total. The van der Waals surface area contributed by atoms with Crippen LogP contribution in [0.25, 0.3) is 0 Å². The van der Waals surface area contributed by atoms with Crippen LogP contribution in [0.5, 0.6) is 0 Å². The zero-order chi connectivity index (χ0) is 15.5. The van der Waals surface area contributed by atoms with E-state index in [1.165, 1.54) is 32.1 Å². The van der Waals surface area contributed by atoms with Crippen molar-refractivity contribution >= 4 is 5.78 Å². The van der Waals surface area contributed by atoms with Crippen molar-refractivity contribution in [1.82, 2.24) is 0 Å². The summed E-state index contributed by atoms with van der Waals surface area (Å²) in [5, 5.41) is 10.0. The van der Waals surface area contributed by atoms with Crippen molar-refractivity contribution in [3.05, 3.63) is 0 Å². The smallest absolute Gasteiger partial charge is 0.141 e. The van der Waals surface area contributed by atoms with Crippen molar-refractivity contribution in [2.75, 3.05) is 6.61 Å². The highest BCUT2D eigenvalue weighted by Crippen LogP contribution is 2.85. The van der Waals surface area contributed by atoms with Gasteiger partial charge in [0.15, 0.2) is 0 Å². The van der Waals surface area contributed by atoms with E-state index in [9.17, 15) is 9.90 Å². The number of fused-ring (bicyclic) bond motifs is 1. The summed E-state index contributed by atoms with van der Waals surface area (Å²) in [4.78, 5) is 12.6. The Morgan fingerprint density at radius 1 is 1.09 bits per heavy atom. The topological polar surface area (TPSA) is 37.3 Å². The molecule has 4 bridgehead atoms. The second-order valence-corrected chi connectivity index (χ2v) is 10.3. The fraction of sp³-hybridized carbons (Fsp3) is 0.950. The van der Waals surface area contributed by atoms with Crippen LogP contribution in [0.3, 0.4) is 0 Å². The number of aliphatic hydroxyl groups excluding tert-OH is 1. The summed E-state index contributed by atoms with van der Waals surface area (Å²) in [5.74, 6) is 3.55. The third-order valence-corrected chi connectivity index (χ3v) is 9.81. The maximum atomic E-state index is 12.6. The number of carbonyl (C=O) groups excluding carboxylic acids is 1. The van der Waals surface area contributed by atoms with Crippen molar-refractivity contribution in [2.45, 2.75) is 65.7 Å². The molecule has 0 aliphatic heterocycles. The molecule has 22 heavy (non-hydrogen) atoms. The van der Waals surface area contributed by atoms with E-state index in [2.05, 4.69) is 20.8 Å². The van der Waals surface area contributed by atoms with E-state index < -0.39 is 5.41 Å². The number of aliphatic hydroxyl groups is 1. The summed E-state index contributed by atoms with van der Waals surface area (Å²) in [5.41, 5.74) is 1.10. The molecule has 8 unspecified atom stereocenters. The van der Waals surface area contributed by atoms with Crippen LogP contribution in [0.4, 0.5) is 0 Å². The normalized spacial score (nSPS) is 65.0. The molecule has 0 radical (unpaired) electrons. The Bertz CT molecular complexity index is 570. The third-order valence-electron chi connectivity index (χ3n) is 9.81. The van der Waals surface area contributed by atoms with Gasteiger partial charge in [0.1, 0.15) is 5.78 Å². The average Bonchev–Trinajstić information content (AvgIpc) is 2.94. The Morgan fingerprint density at radius 2 is 1.86 bits per heavy atom. The highest BCUT2D eigenvalue weighted by molar-refractivity contribution is 5.86. The van der Waals surface area contributed by atoms with Crippen LogP contribution in [-0.2, 0) is 4.79 Å².